The summed E-state index contributed by atoms with van der Waals surface area (Å²) in [5.74, 6) is -0.132. The summed E-state index contributed by atoms with van der Waals surface area (Å²) in [7, 11) is 0. The monoisotopic (exact) mass is 329 g/mol. The summed E-state index contributed by atoms with van der Waals surface area (Å²) in [6.45, 7) is 4.28. The quantitative estimate of drug-likeness (QED) is 0.478. The predicted molar refractivity (Wildman–Crippen MR) is 95.9 cm³/mol. The van der Waals surface area contributed by atoms with Crippen LogP contribution >= 0.6 is 0 Å². The summed E-state index contributed by atoms with van der Waals surface area (Å²) in [6.07, 6.45) is 6.96. The average Bonchev–Trinajstić information content (AvgIpc) is 2.56. The molecule has 1 aromatic carbocycles. The first-order valence-corrected chi connectivity index (χ1v) is 8.76. The SMILES string of the molecule is CC(C)c1ccc(C=NNC(=O)CC(=O)NC2CCCCC2)cc1. The van der Waals surface area contributed by atoms with Crippen molar-refractivity contribution in [2.45, 2.75) is 64.3 Å². The van der Waals surface area contributed by atoms with E-state index in [1.54, 1.807) is 6.21 Å². The molecule has 0 bridgehead atoms. The van der Waals surface area contributed by atoms with Gasteiger partial charge in [-0.2, -0.15) is 5.10 Å². The lowest BCUT2D eigenvalue weighted by Gasteiger charge is -2.22. The van der Waals surface area contributed by atoms with Gasteiger partial charge in [0.1, 0.15) is 6.42 Å². The molecule has 5 heteroatoms. The molecule has 1 fully saturated rings. The van der Waals surface area contributed by atoms with Crippen LogP contribution in [0.3, 0.4) is 0 Å². The van der Waals surface area contributed by atoms with Crippen LogP contribution in [0.1, 0.15) is 69.4 Å². The van der Waals surface area contributed by atoms with Gasteiger partial charge >= 0.3 is 0 Å². The number of carbonyl (C=O) groups excluding carboxylic acids is 2. The lowest BCUT2D eigenvalue weighted by molar-refractivity contribution is -0.129. The minimum atomic E-state index is -0.390. The highest BCUT2D eigenvalue weighted by Gasteiger charge is 2.17. The molecule has 0 unspecified atom stereocenters. The van der Waals surface area contributed by atoms with Gasteiger partial charge in [-0.25, -0.2) is 5.43 Å². The van der Waals surface area contributed by atoms with Gasteiger partial charge in [-0.1, -0.05) is 57.4 Å². The Bertz CT molecular complexity index is 573. The maximum Gasteiger partial charge on any atom is 0.249 e. The van der Waals surface area contributed by atoms with Gasteiger partial charge in [-0.15, -0.1) is 0 Å². The third-order valence-corrected chi connectivity index (χ3v) is 4.30. The number of hydrazone groups is 1. The van der Waals surface area contributed by atoms with Crippen molar-refractivity contribution < 1.29 is 9.59 Å². The molecule has 0 atom stereocenters. The maximum atomic E-state index is 11.8. The van der Waals surface area contributed by atoms with Gasteiger partial charge in [0.15, 0.2) is 0 Å². The van der Waals surface area contributed by atoms with E-state index in [-0.39, 0.29) is 18.4 Å². The lowest BCUT2D eigenvalue weighted by Crippen LogP contribution is -2.38. The first kappa shape index (κ1) is 18.2. The zero-order valence-electron chi connectivity index (χ0n) is 14.5. The molecule has 2 N–H and O–H groups in total. The van der Waals surface area contributed by atoms with E-state index in [2.05, 4.69) is 29.7 Å². The van der Waals surface area contributed by atoms with Crippen LogP contribution in [0.4, 0.5) is 0 Å². The van der Waals surface area contributed by atoms with E-state index < -0.39 is 5.91 Å². The van der Waals surface area contributed by atoms with E-state index in [4.69, 9.17) is 0 Å². The topological polar surface area (TPSA) is 70.6 Å². The van der Waals surface area contributed by atoms with E-state index in [0.29, 0.717) is 5.92 Å². The standard InChI is InChI=1S/C19H27N3O2/c1-14(2)16-10-8-15(9-11-16)13-20-22-19(24)12-18(23)21-17-6-4-3-5-7-17/h8-11,13-14,17H,3-7,12H2,1-2H3,(H,21,23)(H,22,24). The molecular weight excluding hydrogens is 302 g/mol. The van der Waals surface area contributed by atoms with Crippen molar-refractivity contribution in [1.82, 2.24) is 10.7 Å². The Kier molecular flexibility index (Phi) is 6.97. The third kappa shape index (κ3) is 6.14. The number of amides is 2. The second-order valence-corrected chi connectivity index (χ2v) is 6.69. The highest BCUT2D eigenvalue weighted by atomic mass is 16.2. The Hall–Kier alpha value is -2.17. The number of hydrogen-bond donors (Lipinski definition) is 2. The minimum absolute atomic E-state index is 0.180. The molecule has 1 aliphatic rings. The van der Waals surface area contributed by atoms with Crippen molar-refractivity contribution in [1.29, 1.82) is 0 Å². The molecule has 0 heterocycles. The Morgan fingerprint density at radius 3 is 2.42 bits per heavy atom. The molecule has 0 radical (unpaired) electrons. The van der Waals surface area contributed by atoms with Crippen molar-refractivity contribution in [2.75, 3.05) is 0 Å². The first-order chi connectivity index (χ1) is 11.5. The van der Waals surface area contributed by atoms with Crippen molar-refractivity contribution >= 4 is 18.0 Å². The molecular formula is C19H27N3O2. The van der Waals surface area contributed by atoms with E-state index in [9.17, 15) is 9.59 Å². The van der Waals surface area contributed by atoms with Gasteiger partial charge in [-0.05, 0) is 29.9 Å². The molecule has 0 aromatic heterocycles. The number of carbonyl (C=O) groups is 2. The second-order valence-electron chi connectivity index (χ2n) is 6.69. The summed E-state index contributed by atoms with van der Waals surface area (Å²) in [5, 5.41) is 6.83. The van der Waals surface area contributed by atoms with Crippen LogP contribution in [0, 0.1) is 0 Å². The molecule has 2 amide bonds. The van der Waals surface area contributed by atoms with E-state index in [1.165, 1.54) is 12.0 Å². The number of benzene rings is 1. The van der Waals surface area contributed by atoms with Crippen molar-refractivity contribution in [2.24, 2.45) is 5.10 Å². The zero-order valence-corrected chi connectivity index (χ0v) is 14.5. The Morgan fingerprint density at radius 1 is 1.12 bits per heavy atom. The van der Waals surface area contributed by atoms with Crippen LogP contribution in [0.2, 0.25) is 0 Å². The van der Waals surface area contributed by atoms with Crippen LogP contribution in [-0.2, 0) is 9.59 Å². The zero-order chi connectivity index (χ0) is 17.4. The van der Waals surface area contributed by atoms with Crippen molar-refractivity contribution in [3.63, 3.8) is 0 Å². The minimum Gasteiger partial charge on any atom is -0.353 e. The molecule has 1 aliphatic carbocycles. The van der Waals surface area contributed by atoms with Crippen LogP contribution in [0.15, 0.2) is 29.4 Å². The third-order valence-electron chi connectivity index (χ3n) is 4.30. The number of hydrogen-bond acceptors (Lipinski definition) is 3. The molecule has 5 nitrogen and oxygen atoms in total. The largest absolute Gasteiger partial charge is 0.353 e. The molecule has 130 valence electrons. The normalized spacial score (nSPS) is 15.6. The molecule has 1 saturated carbocycles. The summed E-state index contributed by atoms with van der Waals surface area (Å²) >= 11 is 0. The van der Waals surface area contributed by atoms with Gasteiger partial charge in [0, 0.05) is 6.04 Å². The maximum absolute atomic E-state index is 11.8. The molecule has 1 aromatic rings. The Balaban J connectivity index is 1.72. The van der Waals surface area contributed by atoms with Crippen LogP contribution in [-0.4, -0.2) is 24.1 Å². The van der Waals surface area contributed by atoms with Gasteiger partial charge in [0.05, 0.1) is 6.21 Å². The van der Waals surface area contributed by atoms with E-state index in [0.717, 1.165) is 31.2 Å². The van der Waals surface area contributed by atoms with Crippen LogP contribution in [0.25, 0.3) is 0 Å². The molecule has 0 aliphatic heterocycles. The summed E-state index contributed by atoms with van der Waals surface area (Å²) in [4.78, 5) is 23.6. The van der Waals surface area contributed by atoms with Crippen molar-refractivity contribution in [3.05, 3.63) is 35.4 Å². The molecule has 24 heavy (non-hydrogen) atoms. The molecule has 2 rings (SSSR count). The summed E-state index contributed by atoms with van der Waals surface area (Å²) in [6, 6.07) is 8.24. The van der Waals surface area contributed by atoms with E-state index in [1.807, 2.05) is 24.3 Å². The fourth-order valence-corrected chi connectivity index (χ4v) is 2.86. The van der Waals surface area contributed by atoms with Gasteiger partial charge in [0.2, 0.25) is 11.8 Å². The number of rotatable bonds is 6. The molecule has 0 spiro atoms. The number of nitrogens with zero attached hydrogens (tertiary/aromatic N) is 1. The fourth-order valence-electron chi connectivity index (χ4n) is 2.86. The fraction of sp³-hybridized carbons (Fsp3) is 0.526. The average molecular weight is 329 g/mol. The highest BCUT2D eigenvalue weighted by Crippen LogP contribution is 2.17. The summed E-state index contributed by atoms with van der Waals surface area (Å²) < 4.78 is 0. The Labute approximate surface area is 143 Å². The van der Waals surface area contributed by atoms with Gasteiger partial charge in [-0.3, -0.25) is 9.59 Å². The lowest BCUT2D eigenvalue weighted by atomic mass is 9.95. The number of nitrogens with one attached hydrogen (secondary N) is 2. The second kappa shape index (κ2) is 9.21. The smallest absolute Gasteiger partial charge is 0.249 e. The van der Waals surface area contributed by atoms with Crippen LogP contribution in [0.5, 0.6) is 0 Å². The highest BCUT2D eigenvalue weighted by molar-refractivity contribution is 5.97. The van der Waals surface area contributed by atoms with Crippen molar-refractivity contribution in [3.8, 4) is 0 Å². The van der Waals surface area contributed by atoms with E-state index >= 15 is 0 Å². The summed E-state index contributed by atoms with van der Waals surface area (Å²) in [5.41, 5.74) is 4.57. The predicted octanol–water partition coefficient (Wildman–Crippen LogP) is 3.10. The Morgan fingerprint density at radius 2 is 1.79 bits per heavy atom. The van der Waals surface area contributed by atoms with Gasteiger partial charge < -0.3 is 5.32 Å². The van der Waals surface area contributed by atoms with Gasteiger partial charge in [0.25, 0.3) is 0 Å². The first-order valence-electron chi connectivity index (χ1n) is 8.76. The molecule has 0 saturated heterocycles. The van der Waals surface area contributed by atoms with Crippen LogP contribution < -0.4 is 10.7 Å².